The zero-order chi connectivity index (χ0) is 23.0. The van der Waals surface area contributed by atoms with Crippen molar-refractivity contribution in [3.8, 4) is 11.5 Å². The Morgan fingerprint density at radius 2 is 1.59 bits per heavy atom. The van der Waals surface area contributed by atoms with Gasteiger partial charge < -0.3 is 10.1 Å². The summed E-state index contributed by atoms with van der Waals surface area (Å²) in [5.41, 5.74) is 0.785. The lowest BCUT2D eigenvalue weighted by atomic mass is 10.2. The predicted molar refractivity (Wildman–Crippen MR) is 122 cm³/mol. The van der Waals surface area contributed by atoms with Crippen LogP contribution in [0.4, 0.5) is 5.69 Å². The summed E-state index contributed by atoms with van der Waals surface area (Å²) < 4.78 is 9.22. The Labute approximate surface area is 187 Å². The number of fused-ring (bicyclic) bond motifs is 1. The number of hydrogen-bond acceptors (Lipinski definition) is 5. The summed E-state index contributed by atoms with van der Waals surface area (Å²) in [5.74, 6) is 0.930. The molecular weight excluding hydrogens is 434 g/mol. The molecule has 4 rings (SSSR count). The number of aryl methyl sites for hydroxylation is 2. The fraction of sp³-hybridized carbons (Fsp3) is 0.182. The first-order valence-corrected chi connectivity index (χ1v) is 10.1. The minimum Gasteiger partial charge on any atom is -0.457 e. The van der Waals surface area contributed by atoms with Crippen LogP contribution in [0, 0.1) is 6.92 Å². The van der Waals surface area contributed by atoms with Crippen LogP contribution in [-0.4, -0.2) is 24.6 Å². The molecule has 0 saturated heterocycles. The number of rotatable bonds is 5. The monoisotopic (exact) mass is 453 g/mol. The number of anilines is 1. The average molecular weight is 454 g/mol. The summed E-state index contributed by atoms with van der Waals surface area (Å²) in [5, 5.41) is 2.69. The molecular formula is C22H20ClN5O4. The first kappa shape index (κ1) is 21.4. The SMILES string of the molecule is Cc1ccc(Oc2ccc(NC(=O)Cn3c(Cl)nc4c3c(=O)n(C)c(=O)n4C)cc2)cc1. The van der Waals surface area contributed by atoms with Crippen LogP contribution in [0.5, 0.6) is 11.5 Å². The Kier molecular flexibility index (Phi) is 5.58. The number of amides is 1. The molecule has 0 aliphatic rings. The normalized spacial score (nSPS) is 11.0. The Hall–Kier alpha value is -3.85. The van der Waals surface area contributed by atoms with Crippen molar-refractivity contribution >= 4 is 34.4 Å². The smallest absolute Gasteiger partial charge is 0.332 e. The summed E-state index contributed by atoms with van der Waals surface area (Å²) in [6, 6.07) is 14.6. The van der Waals surface area contributed by atoms with Crippen LogP contribution < -0.4 is 21.3 Å². The molecule has 9 nitrogen and oxygen atoms in total. The van der Waals surface area contributed by atoms with Crippen molar-refractivity contribution in [3.63, 3.8) is 0 Å². The molecule has 2 aromatic carbocycles. The van der Waals surface area contributed by atoms with Crippen molar-refractivity contribution in [1.29, 1.82) is 0 Å². The number of benzene rings is 2. The van der Waals surface area contributed by atoms with Gasteiger partial charge in [-0.1, -0.05) is 17.7 Å². The molecule has 0 saturated carbocycles. The molecule has 0 atom stereocenters. The van der Waals surface area contributed by atoms with E-state index in [1.165, 1.54) is 23.2 Å². The molecule has 0 aliphatic heterocycles. The minimum absolute atomic E-state index is 0.0599. The highest BCUT2D eigenvalue weighted by atomic mass is 35.5. The van der Waals surface area contributed by atoms with Crippen LogP contribution in [0.15, 0.2) is 58.1 Å². The van der Waals surface area contributed by atoms with E-state index >= 15 is 0 Å². The fourth-order valence-electron chi connectivity index (χ4n) is 3.26. The van der Waals surface area contributed by atoms with Gasteiger partial charge in [0, 0.05) is 19.8 Å². The number of imidazole rings is 1. The number of carbonyl (C=O) groups is 1. The first-order chi connectivity index (χ1) is 15.2. The van der Waals surface area contributed by atoms with E-state index in [2.05, 4.69) is 10.3 Å². The van der Waals surface area contributed by atoms with E-state index in [0.717, 1.165) is 10.1 Å². The molecule has 1 amide bonds. The number of hydrogen-bond donors (Lipinski definition) is 1. The number of halogens is 1. The van der Waals surface area contributed by atoms with Gasteiger partial charge in [-0.3, -0.25) is 23.3 Å². The van der Waals surface area contributed by atoms with E-state index in [4.69, 9.17) is 16.3 Å². The van der Waals surface area contributed by atoms with Crippen molar-refractivity contribution in [2.45, 2.75) is 13.5 Å². The third kappa shape index (κ3) is 4.02. The van der Waals surface area contributed by atoms with Gasteiger partial charge in [0.1, 0.15) is 18.0 Å². The van der Waals surface area contributed by atoms with Crippen molar-refractivity contribution in [2.75, 3.05) is 5.32 Å². The second-order valence-corrected chi connectivity index (χ2v) is 7.67. The summed E-state index contributed by atoms with van der Waals surface area (Å²) in [6.45, 7) is 1.75. The van der Waals surface area contributed by atoms with Gasteiger partial charge in [0.2, 0.25) is 11.2 Å². The van der Waals surface area contributed by atoms with Gasteiger partial charge in [-0.05, 0) is 54.9 Å². The second kappa shape index (κ2) is 8.35. The molecule has 1 N–H and O–H groups in total. The van der Waals surface area contributed by atoms with E-state index in [0.29, 0.717) is 17.2 Å². The zero-order valence-electron chi connectivity index (χ0n) is 17.6. The molecule has 0 aliphatic carbocycles. The lowest BCUT2D eigenvalue weighted by Crippen LogP contribution is -2.37. The number of ether oxygens (including phenoxy) is 1. The summed E-state index contributed by atoms with van der Waals surface area (Å²) in [6.07, 6.45) is 0. The van der Waals surface area contributed by atoms with E-state index < -0.39 is 17.2 Å². The quantitative estimate of drug-likeness (QED) is 0.468. The van der Waals surface area contributed by atoms with Gasteiger partial charge in [0.05, 0.1) is 0 Å². The highest BCUT2D eigenvalue weighted by Gasteiger charge is 2.19. The Bertz CT molecular complexity index is 1430. The molecule has 0 unspecified atom stereocenters. The lowest BCUT2D eigenvalue weighted by molar-refractivity contribution is -0.116. The zero-order valence-corrected chi connectivity index (χ0v) is 18.4. The standard InChI is InChI=1S/C22H20ClN5O4/c1-13-4-8-15(9-5-13)32-16-10-6-14(7-11-16)24-17(29)12-28-18-19(25-21(28)23)26(2)22(31)27(3)20(18)30/h4-11H,12H2,1-3H3,(H,24,29). The third-order valence-corrected chi connectivity index (χ3v) is 5.29. The molecule has 0 radical (unpaired) electrons. The summed E-state index contributed by atoms with van der Waals surface area (Å²) >= 11 is 6.16. The number of nitrogens with zero attached hydrogens (tertiary/aromatic N) is 4. The molecule has 4 aromatic rings. The minimum atomic E-state index is -0.576. The maximum Gasteiger partial charge on any atom is 0.332 e. The predicted octanol–water partition coefficient (Wildman–Crippen LogP) is 2.83. The molecule has 32 heavy (non-hydrogen) atoms. The van der Waals surface area contributed by atoms with Crippen LogP contribution in [0.1, 0.15) is 5.56 Å². The van der Waals surface area contributed by atoms with Gasteiger partial charge >= 0.3 is 5.69 Å². The Morgan fingerprint density at radius 1 is 1.00 bits per heavy atom. The van der Waals surface area contributed by atoms with Crippen LogP contribution in [0.25, 0.3) is 11.2 Å². The Balaban J connectivity index is 1.51. The Morgan fingerprint density at radius 3 is 2.22 bits per heavy atom. The summed E-state index contributed by atoms with van der Waals surface area (Å²) in [4.78, 5) is 41.3. The van der Waals surface area contributed by atoms with Gasteiger partial charge in [0.25, 0.3) is 5.56 Å². The maximum atomic E-state index is 12.6. The third-order valence-electron chi connectivity index (χ3n) is 5.00. The molecule has 2 heterocycles. The highest BCUT2D eigenvalue weighted by molar-refractivity contribution is 6.29. The molecule has 0 spiro atoms. The van der Waals surface area contributed by atoms with Crippen molar-refractivity contribution in [2.24, 2.45) is 14.1 Å². The molecule has 2 aromatic heterocycles. The number of aromatic nitrogens is 4. The largest absolute Gasteiger partial charge is 0.457 e. The lowest BCUT2D eigenvalue weighted by Gasteiger charge is -2.10. The van der Waals surface area contributed by atoms with E-state index in [9.17, 15) is 14.4 Å². The van der Waals surface area contributed by atoms with Gasteiger partial charge in [0.15, 0.2) is 11.2 Å². The molecule has 0 fully saturated rings. The van der Waals surface area contributed by atoms with Gasteiger partial charge in [-0.25, -0.2) is 4.79 Å². The average Bonchev–Trinajstić information content (AvgIpc) is 3.10. The van der Waals surface area contributed by atoms with Crippen molar-refractivity contribution < 1.29 is 9.53 Å². The van der Waals surface area contributed by atoms with E-state index in [-0.39, 0.29) is 23.0 Å². The highest BCUT2D eigenvalue weighted by Crippen LogP contribution is 2.23. The number of nitrogens with one attached hydrogen (secondary N) is 1. The van der Waals surface area contributed by atoms with Crippen LogP contribution in [0.2, 0.25) is 5.28 Å². The fourth-order valence-corrected chi connectivity index (χ4v) is 3.48. The van der Waals surface area contributed by atoms with Crippen LogP contribution >= 0.6 is 11.6 Å². The second-order valence-electron chi connectivity index (χ2n) is 7.33. The molecule has 164 valence electrons. The van der Waals surface area contributed by atoms with E-state index in [1.807, 2.05) is 31.2 Å². The van der Waals surface area contributed by atoms with Crippen molar-refractivity contribution in [1.82, 2.24) is 18.7 Å². The molecule has 10 heteroatoms. The topological polar surface area (TPSA) is 100 Å². The van der Waals surface area contributed by atoms with Gasteiger partial charge in [-0.15, -0.1) is 0 Å². The van der Waals surface area contributed by atoms with Crippen LogP contribution in [0.3, 0.4) is 0 Å². The first-order valence-electron chi connectivity index (χ1n) is 9.71. The number of carbonyl (C=O) groups excluding carboxylic acids is 1. The maximum absolute atomic E-state index is 12.6. The van der Waals surface area contributed by atoms with Gasteiger partial charge in [-0.2, -0.15) is 4.98 Å². The van der Waals surface area contributed by atoms with Crippen molar-refractivity contribution in [3.05, 3.63) is 80.2 Å². The van der Waals surface area contributed by atoms with E-state index in [1.54, 1.807) is 24.3 Å². The van der Waals surface area contributed by atoms with Crippen LogP contribution in [-0.2, 0) is 25.4 Å². The molecule has 0 bridgehead atoms. The summed E-state index contributed by atoms with van der Waals surface area (Å²) in [7, 11) is 2.84.